The first-order chi connectivity index (χ1) is 15.7. The number of sulfonamides is 1. The van der Waals surface area contributed by atoms with E-state index in [9.17, 15) is 8.42 Å². The van der Waals surface area contributed by atoms with Crippen molar-refractivity contribution in [3.8, 4) is 5.75 Å². The van der Waals surface area contributed by atoms with Crippen LogP contribution in [-0.2, 0) is 16.6 Å². The number of hydrogen-bond acceptors (Lipinski definition) is 6. The van der Waals surface area contributed by atoms with Crippen molar-refractivity contribution in [2.45, 2.75) is 64.1 Å². The molecule has 0 radical (unpaired) electrons. The van der Waals surface area contributed by atoms with Gasteiger partial charge in [-0.15, -0.1) is 11.3 Å². The van der Waals surface area contributed by atoms with Crippen LogP contribution in [0.3, 0.4) is 0 Å². The van der Waals surface area contributed by atoms with Gasteiger partial charge in [-0.3, -0.25) is 4.90 Å². The lowest BCUT2D eigenvalue weighted by Gasteiger charge is -2.46. The summed E-state index contributed by atoms with van der Waals surface area (Å²) in [6.45, 7) is 13.0. The molecule has 1 spiro atoms. The Kier molecular flexibility index (Phi) is 7.48. The SMILES string of the molecule is Cc1nc(C)c(S(=O)(=O)N2CCC3(CCN(Cc4ccccc4OCC(C)C)CC3)CC2)s1. The summed E-state index contributed by atoms with van der Waals surface area (Å²) in [5.41, 5.74) is 2.16. The van der Waals surface area contributed by atoms with E-state index in [1.807, 2.05) is 13.0 Å². The first kappa shape index (κ1) is 24.6. The molecular formula is C25H37N3O3S2. The van der Waals surface area contributed by atoms with Crippen LogP contribution < -0.4 is 4.74 Å². The van der Waals surface area contributed by atoms with Gasteiger partial charge in [0.25, 0.3) is 10.0 Å². The predicted molar refractivity (Wildman–Crippen MR) is 133 cm³/mol. The fourth-order valence-corrected chi connectivity index (χ4v) is 8.09. The monoisotopic (exact) mass is 491 g/mol. The van der Waals surface area contributed by atoms with Crippen molar-refractivity contribution in [2.24, 2.45) is 11.3 Å². The Hall–Kier alpha value is -1.48. The van der Waals surface area contributed by atoms with Gasteiger partial charge in [-0.05, 0) is 70.0 Å². The summed E-state index contributed by atoms with van der Waals surface area (Å²) in [4.78, 5) is 6.85. The van der Waals surface area contributed by atoms with Crippen LogP contribution in [0.1, 0.15) is 55.8 Å². The van der Waals surface area contributed by atoms with Crippen LogP contribution in [0.2, 0.25) is 0 Å². The molecular weight excluding hydrogens is 454 g/mol. The fourth-order valence-electron chi connectivity index (χ4n) is 5.03. The molecule has 1 aromatic carbocycles. The molecule has 0 atom stereocenters. The van der Waals surface area contributed by atoms with E-state index in [4.69, 9.17) is 4.74 Å². The molecule has 1 aromatic heterocycles. The minimum atomic E-state index is -3.43. The zero-order chi connectivity index (χ0) is 23.6. The van der Waals surface area contributed by atoms with Crippen molar-refractivity contribution >= 4 is 21.4 Å². The van der Waals surface area contributed by atoms with Crippen LogP contribution in [0, 0.1) is 25.2 Å². The highest BCUT2D eigenvalue weighted by Crippen LogP contribution is 2.43. The molecule has 3 heterocycles. The molecule has 6 nitrogen and oxygen atoms in total. The lowest BCUT2D eigenvalue weighted by molar-refractivity contribution is 0.0525. The van der Waals surface area contributed by atoms with Crippen molar-refractivity contribution in [1.82, 2.24) is 14.2 Å². The molecule has 2 fully saturated rings. The minimum Gasteiger partial charge on any atom is -0.493 e. The molecule has 2 aliphatic heterocycles. The molecule has 2 saturated heterocycles. The Morgan fingerprint density at radius 3 is 2.30 bits per heavy atom. The number of aryl methyl sites for hydroxylation is 2. The molecule has 182 valence electrons. The third kappa shape index (κ3) is 5.61. The largest absolute Gasteiger partial charge is 0.493 e. The van der Waals surface area contributed by atoms with Crippen LogP contribution in [-0.4, -0.2) is 55.4 Å². The van der Waals surface area contributed by atoms with Gasteiger partial charge in [-0.2, -0.15) is 4.31 Å². The number of piperidine rings is 2. The number of ether oxygens (including phenoxy) is 1. The number of rotatable bonds is 7. The maximum atomic E-state index is 13.2. The number of nitrogens with zero attached hydrogens (tertiary/aromatic N) is 3. The van der Waals surface area contributed by atoms with Crippen LogP contribution in [0.4, 0.5) is 0 Å². The topological polar surface area (TPSA) is 62.7 Å². The summed E-state index contributed by atoms with van der Waals surface area (Å²) in [7, 11) is -3.43. The van der Waals surface area contributed by atoms with Crippen molar-refractivity contribution in [3.63, 3.8) is 0 Å². The molecule has 0 amide bonds. The van der Waals surface area contributed by atoms with Crippen LogP contribution in [0.15, 0.2) is 28.5 Å². The molecule has 0 N–H and O–H groups in total. The number of hydrogen-bond donors (Lipinski definition) is 0. The average molecular weight is 492 g/mol. The smallest absolute Gasteiger partial charge is 0.254 e. The lowest BCUT2D eigenvalue weighted by atomic mass is 9.71. The summed E-state index contributed by atoms with van der Waals surface area (Å²) in [5.74, 6) is 1.50. The van der Waals surface area contributed by atoms with Crippen LogP contribution in [0.5, 0.6) is 5.75 Å². The highest BCUT2D eigenvalue weighted by molar-refractivity contribution is 7.91. The van der Waals surface area contributed by atoms with Gasteiger partial charge in [0.2, 0.25) is 0 Å². The molecule has 8 heteroatoms. The second-order valence-electron chi connectivity index (χ2n) is 10.1. The average Bonchev–Trinajstić information content (AvgIpc) is 3.14. The van der Waals surface area contributed by atoms with Gasteiger partial charge >= 0.3 is 0 Å². The standard InChI is InChI=1S/C25H37N3O3S2/c1-19(2)18-31-23-8-6-5-7-22(23)17-27-13-9-25(10-14-27)11-15-28(16-12-25)33(29,30)24-20(3)26-21(4)32-24/h5-8,19H,9-18H2,1-4H3. The summed E-state index contributed by atoms with van der Waals surface area (Å²) >= 11 is 1.29. The first-order valence-corrected chi connectivity index (χ1v) is 14.3. The van der Waals surface area contributed by atoms with Crippen LogP contribution in [0.25, 0.3) is 0 Å². The second kappa shape index (κ2) is 10.0. The molecule has 0 aliphatic carbocycles. The zero-order valence-electron chi connectivity index (χ0n) is 20.3. The van der Waals surface area contributed by atoms with Gasteiger partial charge in [0.05, 0.1) is 17.3 Å². The summed E-state index contributed by atoms with van der Waals surface area (Å²) < 4.78 is 34.5. The Morgan fingerprint density at radius 2 is 1.70 bits per heavy atom. The third-order valence-corrected chi connectivity index (χ3v) is 10.6. The van der Waals surface area contributed by atoms with Gasteiger partial charge in [0.1, 0.15) is 5.75 Å². The van der Waals surface area contributed by atoms with Gasteiger partial charge in [0, 0.05) is 25.2 Å². The van der Waals surface area contributed by atoms with E-state index in [-0.39, 0.29) is 5.41 Å². The van der Waals surface area contributed by atoms with Gasteiger partial charge < -0.3 is 4.74 Å². The molecule has 0 saturated carbocycles. The fraction of sp³-hybridized carbons (Fsp3) is 0.640. The van der Waals surface area contributed by atoms with Crippen LogP contribution >= 0.6 is 11.3 Å². The minimum absolute atomic E-state index is 0.273. The van der Waals surface area contributed by atoms with Gasteiger partial charge in [0.15, 0.2) is 4.21 Å². The van der Waals surface area contributed by atoms with E-state index in [0.29, 0.717) is 28.9 Å². The predicted octanol–water partition coefficient (Wildman–Crippen LogP) is 4.86. The summed E-state index contributed by atoms with van der Waals surface area (Å²) in [6, 6.07) is 8.38. The number of aromatic nitrogens is 1. The number of para-hydroxylation sites is 1. The highest BCUT2D eigenvalue weighted by atomic mass is 32.2. The van der Waals surface area contributed by atoms with E-state index in [2.05, 4.69) is 41.9 Å². The third-order valence-electron chi connectivity index (χ3n) is 7.07. The highest BCUT2D eigenvalue weighted by Gasteiger charge is 2.41. The summed E-state index contributed by atoms with van der Waals surface area (Å²) in [6.07, 6.45) is 4.17. The Balaban J connectivity index is 1.32. The van der Waals surface area contributed by atoms with E-state index in [1.54, 1.807) is 11.2 Å². The molecule has 2 aromatic rings. The summed E-state index contributed by atoms with van der Waals surface area (Å²) in [5, 5.41) is 0.808. The van der Waals surface area contributed by atoms with E-state index < -0.39 is 10.0 Å². The Labute approximate surface area is 203 Å². The van der Waals surface area contributed by atoms with Gasteiger partial charge in [-0.25, -0.2) is 13.4 Å². The lowest BCUT2D eigenvalue weighted by Crippen LogP contribution is -2.48. The van der Waals surface area contributed by atoms with Crippen molar-refractivity contribution < 1.29 is 13.2 Å². The maximum absolute atomic E-state index is 13.2. The number of benzene rings is 1. The first-order valence-electron chi connectivity index (χ1n) is 12.1. The Morgan fingerprint density at radius 1 is 1.06 bits per heavy atom. The van der Waals surface area contributed by atoms with Crippen molar-refractivity contribution in [2.75, 3.05) is 32.8 Å². The Bertz CT molecular complexity index is 1050. The quantitative estimate of drug-likeness (QED) is 0.553. The molecule has 2 aliphatic rings. The van der Waals surface area contributed by atoms with E-state index in [0.717, 1.165) is 62.7 Å². The molecule has 4 rings (SSSR count). The second-order valence-corrected chi connectivity index (χ2v) is 13.4. The van der Waals surface area contributed by atoms with Crippen molar-refractivity contribution in [1.29, 1.82) is 0 Å². The normalized spacial score (nSPS) is 19.9. The molecule has 33 heavy (non-hydrogen) atoms. The number of thiazole rings is 1. The van der Waals surface area contributed by atoms with E-state index >= 15 is 0 Å². The van der Waals surface area contributed by atoms with E-state index in [1.165, 1.54) is 16.9 Å². The zero-order valence-corrected chi connectivity index (χ0v) is 22.0. The molecule has 0 unspecified atom stereocenters. The van der Waals surface area contributed by atoms with Gasteiger partial charge in [-0.1, -0.05) is 32.0 Å². The van der Waals surface area contributed by atoms with Crippen molar-refractivity contribution in [3.05, 3.63) is 40.5 Å². The maximum Gasteiger partial charge on any atom is 0.254 e. The number of likely N-dealkylation sites (tertiary alicyclic amines) is 1. The molecule has 0 bridgehead atoms.